The van der Waals surface area contributed by atoms with Crippen molar-refractivity contribution in [2.24, 2.45) is 4.99 Å². The van der Waals surface area contributed by atoms with Gasteiger partial charge in [0.25, 0.3) is 0 Å². The third-order valence-electron chi connectivity index (χ3n) is 3.81. The molecular formula is C21H14ClF3N2O2. The van der Waals surface area contributed by atoms with Crippen LogP contribution in [0.1, 0.15) is 21.5 Å². The van der Waals surface area contributed by atoms with Crippen LogP contribution in [0.5, 0.6) is 0 Å². The van der Waals surface area contributed by atoms with Crippen molar-refractivity contribution in [3.63, 3.8) is 0 Å². The second-order valence-corrected chi connectivity index (χ2v) is 6.25. The van der Waals surface area contributed by atoms with Crippen molar-refractivity contribution in [2.45, 2.75) is 6.18 Å². The van der Waals surface area contributed by atoms with Gasteiger partial charge in [-0.15, -0.1) is 0 Å². The SMILES string of the molecule is O=C(ONC(=Nc1ccccc1)c1ccccc1Cl)c1ccc(C(F)(F)F)cc1. The minimum absolute atomic E-state index is 0.0521. The van der Waals surface area contributed by atoms with Crippen molar-refractivity contribution in [1.82, 2.24) is 5.48 Å². The number of hydrogen-bond acceptors (Lipinski definition) is 3. The summed E-state index contributed by atoms with van der Waals surface area (Å²) in [6.07, 6.45) is -4.49. The first-order chi connectivity index (χ1) is 13.8. The Morgan fingerprint density at radius 1 is 0.897 bits per heavy atom. The van der Waals surface area contributed by atoms with Crippen LogP contribution >= 0.6 is 11.6 Å². The lowest BCUT2D eigenvalue weighted by atomic mass is 10.1. The molecule has 0 aromatic heterocycles. The van der Waals surface area contributed by atoms with E-state index in [9.17, 15) is 18.0 Å². The van der Waals surface area contributed by atoms with Crippen LogP contribution in [0.4, 0.5) is 18.9 Å². The molecule has 0 radical (unpaired) electrons. The molecule has 1 N–H and O–H groups in total. The number of nitrogens with zero attached hydrogens (tertiary/aromatic N) is 1. The van der Waals surface area contributed by atoms with Crippen molar-refractivity contribution in [2.75, 3.05) is 0 Å². The second-order valence-electron chi connectivity index (χ2n) is 5.84. The number of alkyl halides is 3. The Labute approximate surface area is 169 Å². The lowest BCUT2D eigenvalue weighted by Gasteiger charge is -2.12. The number of nitrogens with one attached hydrogen (secondary N) is 1. The number of aliphatic imine (C=N–C) groups is 1. The molecule has 148 valence electrons. The van der Waals surface area contributed by atoms with Crippen LogP contribution in [0.2, 0.25) is 5.02 Å². The fourth-order valence-electron chi connectivity index (χ4n) is 2.37. The average molecular weight is 419 g/mol. The number of hydrogen-bond donors (Lipinski definition) is 1. The highest BCUT2D eigenvalue weighted by Crippen LogP contribution is 2.29. The van der Waals surface area contributed by atoms with Crippen LogP contribution in [-0.4, -0.2) is 11.8 Å². The fraction of sp³-hybridized carbons (Fsp3) is 0.0476. The average Bonchev–Trinajstić information content (AvgIpc) is 2.71. The number of benzene rings is 3. The van der Waals surface area contributed by atoms with Crippen molar-refractivity contribution in [1.29, 1.82) is 0 Å². The molecule has 29 heavy (non-hydrogen) atoms. The smallest absolute Gasteiger partial charge is 0.336 e. The number of halogens is 4. The summed E-state index contributed by atoms with van der Waals surface area (Å²) in [6, 6.07) is 19.4. The number of rotatable bonds is 3. The van der Waals surface area contributed by atoms with Gasteiger partial charge in [-0.3, -0.25) is 0 Å². The zero-order chi connectivity index (χ0) is 20.9. The maximum Gasteiger partial charge on any atom is 0.416 e. The summed E-state index contributed by atoms with van der Waals surface area (Å²) in [7, 11) is 0. The molecule has 0 amide bonds. The molecule has 0 unspecified atom stereocenters. The van der Waals surface area contributed by atoms with Gasteiger partial charge >= 0.3 is 12.1 Å². The van der Waals surface area contributed by atoms with Gasteiger partial charge in [-0.2, -0.15) is 18.7 Å². The highest BCUT2D eigenvalue weighted by molar-refractivity contribution is 6.34. The molecule has 0 aliphatic heterocycles. The highest BCUT2D eigenvalue weighted by Gasteiger charge is 2.30. The van der Waals surface area contributed by atoms with Crippen molar-refractivity contribution in [3.05, 3.63) is 101 Å². The minimum Gasteiger partial charge on any atom is -0.336 e. The minimum atomic E-state index is -4.49. The first-order valence-corrected chi connectivity index (χ1v) is 8.75. The van der Waals surface area contributed by atoms with Gasteiger partial charge in [0, 0.05) is 5.56 Å². The molecule has 0 spiro atoms. The van der Waals surface area contributed by atoms with Gasteiger partial charge in [0.1, 0.15) is 0 Å². The van der Waals surface area contributed by atoms with E-state index in [4.69, 9.17) is 16.4 Å². The van der Waals surface area contributed by atoms with Gasteiger partial charge in [-0.1, -0.05) is 41.9 Å². The largest absolute Gasteiger partial charge is 0.416 e. The number of hydroxylamine groups is 1. The van der Waals surface area contributed by atoms with Gasteiger partial charge in [-0.25, -0.2) is 9.79 Å². The van der Waals surface area contributed by atoms with Crippen molar-refractivity contribution in [3.8, 4) is 0 Å². The monoisotopic (exact) mass is 418 g/mol. The quantitative estimate of drug-likeness (QED) is 0.332. The number of carbonyl (C=O) groups excluding carboxylic acids is 1. The summed E-state index contributed by atoms with van der Waals surface area (Å²) in [6.45, 7) is 0. The molecule has 3 aromatic rings. The van der Waals surface area contributed by atoms with Crippen LogP contribution in [0.25, 0.3) is 0 Å². The third-order valence-corrected chi connectivity index (χ3v) is 4.14. The topological polar surface area (TPSA) is 50.7 Å². The fourth-order valence-corrected chi connectivity index (χ4v) is 2.60. The lowest BCUT2D eigenvalue weighted by Crippen LogP contribution is -2.28. The molecule has 8 heteroatoms. The standard InChI is InChI=1S/C21H14ClF3N2O2/c22-18-9-5-4-8-17(18)19(26-16-6-2-1-3-7-16)27-29-20(28)14-10-12-15(13-11-14)21(23,24)25/h1-13H,(H,26,27). The van der Waals surface area contributed by atoms with E-state index in [-0.39, 0.29) is 11.4 Å². The predicted molar refractivity (Wildman–Crippen MR) is 104 cm³/mol. The molecular weight excluding hydrogens is 405 g/mol. The molecule has 0 aliphatic rings. The van der Waals surface area contributed by atoms with Crippen molar-refractivity contribution >= 4 is 29.1 Å². The van der Waals surface area contributed by atoms with E-state index in [1.807, 2.05) is 6.07 Å². The molecule has 0 atom stereocenters. The van der Waals surface area contributed by atoms with E-state index in [1.54, 1.807) is 48.5 Å². The summed E-state index contributed by atoms with van der Waals surface area (Å²) in [5.74, 6) is -0.700. The summed E-state index contributed by atoms with van der Waals surface area (Å²) in [5, 5.41) is 0.375. The molecule has 3 rings (SSSR count). The Morgan fingerprint density at radius 2 is 1.52 bits per heavy atom. The molecule has 3 aromatic carbocycles. The normalized spacial score (nSPS) is 11.8. The summed E-state index contributed by atoms with van der Waals surface area (Å²) >= 11 is 6.21. The Kier molecular flexibility index (Phi) is 6.19. The van der Waals surface area contributed by atoms with Crippen LogP contribution < -0.4 is 5.48 Å². The van der Waals surface area contributed by atoms with E-state index in [0.717, 1.165) is 24.3 Å². The van der Waals surface area contributed by atoms with E-state index in [1.165, 1.54) is 0 Å². The zero-order valence-corrected chi connectivity index (χ0v) is 15.5. The number of para-hydroxylation sites is 1. The third kappa shape index (κ3) is 5.36. The Hall–Kier alpha value is -3.32. The zero-order valence-electron chi connectivity index (χ0n) is 14.8. The number of carbonyl (C=O) groups is 1. The Morgan fingerprint density at radius 3 is 2.14 bits per heavy atom. The maximum absolute atomic E-state index is 12.7. The molecule has 0 fully saturated rings. The molecule has 4 nitrogen and oxygen atoms in total. The first kappa shape index (κ1) is 20.4. The maximum atomic E-state index is 12.7. The van der Waals surface area contributed by atoms with Gasteiger partial charge in [-0.05, 0) is 48.5 Å². The van der Waals surface area contributed by atoms with Gasteiger partial charge in [0.05, 0.1) is 21.8 Å². The van der Waals surface area contributed by atoms with Crippen LogP contribution in [0.15, 0.2) is 83.9 Å². The highest BCUT2D eigenvalue weighted by atomic mass is 35.5. The number of amidine groups is 1. The first-order valence-electron chi connectivity index (χ1n) is 8.37. The van der Waals surface area contributed by atoms with Gasteiger partial charge < -0.3 is 4.84 Å². The Bertz CT molecular complexity index is 1020. The van der Waals surface area contributed by atoms with Gasteiger partial charge in [0.15, 0.2) is 5.84 Å². The van der Waals surface area contributed by atoms with Gasteiger partial charge in [0.2, 0.25) is 0 Å². The molecule has 0 saturated carbocycles. The van der Waals surface area contributed by atoms with Crippen LogP contribution in [0, 0.1) is 0 Å². The van der Waals surface area contributed by atoms with Crippen LogP contribution in [0.3, 0.4) is 0 Å². The lowest BCUT2D eigenvalue weighted by molar-refractivity contribution is -0.137. The molecule has 0 aliphatic carbocycles. The predicted octanol–water partition coefficient (Wildman–Crippen LogP) is 5.80. The molecule has 0 heterocycles. The van der Waals surface area contributed by atoms with E-state index >= 15 is 0 Å². The summed E-state index contributed by atoms with van der Waals surface area (Å²) < 4.78 is 38.0. The molecule has 0 bridgehead atoms. The van der Waals surface area contributed by atoms with E-state index in [0.29, 0.717) is 16.3 Å². The van der Waals surface area contributed by atoms with Crippen LogP contribution in [-0.2, 0) is 11.0 Å². The summed E-state index contributed by atoms with van der Waals surface area (Å²) in [4.78, 5) is 21.7. The molecule has 0 saturated heterocycles. The van der Waals surface area contributed by atoms with E-state index < -0.39 is 17.7 Å². The van der Waals surface area contributed by atoms with Crippen molar-refractivity contribution < 1.29 is 22.8 Å². The van der Waals surface area contributed by atoms with E-state index in [2.05, 4.69) is 10.5 Å². The summed E-state index contributed by atoms with van der Waals surface area (Å²) in [5.41, 5.74) is 2.62. The Balaban J connectivity index is 1.81. The second kappa shape index (κ2) is 8.79.